The van der Waals surface area contributed by atoms with E-state index in [9.17, 15) is 0 Å². The van der Waals surface area contributed by atoms with E-state index in [-0.39, 0.29) is 0 Å². The summed E-state index contributed by atoms with van der Waals surface area (Å²) in [7, 11) is 2.20. The molecule has 2 N–H and O–H groups in total. The lowest BCUT2D eigenvalue weighted by Crippen LogP contribution is -2.30. The van der Waals surface area contributed by atoms with Gasteiger partial charge in [-0.1, -0.05) is 6.07 Å². The number of hydrogen-bond donors (Lipinski definition) is 1. The number of aryl methyl sites for hydroxylation is 2. The van der Waals surface area contributed by atoms with Crippen molar-refractivity contribution in [3.63, 3.8) is 0 Å². The maximum absolute atomic E-state index is 5.84. The fourth-order valence-electron chi connectivity index (χ4n) is 3.46. The monoisotopic (exact) mass is 257 g/mol. The standard InChI is InChI=1S/C16H23N3/c1-11-8-12(2)16-13(4-5-17)15-10-18(3)6-7-19(15)14(16)9-11/h8-9H,4-7,10,17H2,1-3H3. The smallest absolute Gasteiger partial charge is 0.0491 e. The first-order valence-electron chi connectivity index (χ1n) is 7.11. The third-order valence-corrected chi connectivity index (χ3v) is 4.25. The molecular weight excluding hydrogens is 234 g/mol. The second kappa shape index (κ2) is 4.66. The summed E-state index contributed by atoms with van der Waals surface area (Å²) in [6.45, 7) is 8.41. The van der Waals surface area contributed by atoms with Crippen LogP contribution in [0.3, 0.4) is 0 Å². The molecule has 2 heterocycles. The van der Waals surface area contributed by atoms with Gasteiger partial charge in [0.15, 0.2) is 0 Å². The van der Waals surface area contributed by atoms with Crippen LogP contribution in [0.4, 0.5) is 0 Å². The van der Waals surface area contributed by atoms with Crippen LogP contribution in [0.1, 0.15) is 22.4 Å². The molecule has 1 aliphatic rings. The summed E-state index contributed by atoms with van der Waals surface area (Å²) in [4.78, 5) is 2.40. The topological polar surface area (TPSA) is 34.2 Å². The molecule has 1 aliphatic heterocycles. The molecule has 1 aromatic carbocycles. The third kappa shape index (κ3) is 1.97. The van der Waals surface area contributed by atoms with Crippen molar-refractivity contribution in [1.82, 2.24) is 9.47 Å². The normalized spacial score (nSPS) is 16.0. The Kier molecular flexibility index (Phi) is 3.11. The second-order valence-electron chi connectivity index (χ2n) is 5.83. The number of likely N-dealkylation sites (N-methyl/N-ethyl adjacent to an activating group) is 1. The van der Waals surface area contributed by atoms with Crippen LogP contribution in [0, 0.1) is 13.8 Å². The molecule has 3 heteroatoms. The van der Waals surface area contributed by atoms with Crippen molar-refractivity contribution in [2.45, 2.75) is 33.4 Å². The van der Waals surface area contributed by atoms with Gasteiger partial charge >= 0.3 is 0 Å². The number of aromatic nitrogens is 1. The Balaban J connectivity index is 2.33. The van der Waals surface area contributed by atoms with Crippen LogP contribution in [0.25, 0.3) is 10.9 Å². The number of fused-ring (bicyclic) bond motifs is 3. The molecule has 3 rings (SSSR count). The van der Waals surface area contributed by atoms with Gasteiger partial charge < -0.3 is 10.3 Å². The molecule has 0 saturated carbocycles. The van der Waals surface area contributed by atoms with E-state index < -0.39 is 0 Å². The average molecular weight is 257 g/mol. The number of benzene rings is 1. The Morgan fingerprint density at radius 1 is 1.21 bits per heavy atom. The van der Waals surface area contributed by atoms with E-state index in [1.54, 1.807) is 0 Å². The van der Waals surface area contributed by atoms with Gasteiger partial charge in [0, 0.05) is 36.2 Å². The lowest BCUT2D eigenvalue weighted by Gasteiger charge is -2.26. The number of nitrogens with zero attached hydrogens (tertiary/aromatic N) is 2. The van der Waals surface area contributed by atoms with Crippen molar-refractivity contribution >= 4 is 10.9 Å². The lowest BCUT2D eigenvalue weighted by molar-refractivity contribution is 0.271. The predicted molar refractivity (Wildman–Crippen MR) is 80.5 cm³/mol. The zero-order valence-corrected chi connectivity index (χ0v) is 12.2. The van der Waals surface area contributed by atoms with E-state index in [1.165, 1.54) is 33.3 Å². The highest BCUT2D eigenvalue weighted by Gasteiger charge is 2.22. The first kappa shape index (κ1) is 12.7. The maximum Gasteiger partial charge on any atom is 0.0491 e. The maximum atomic E-state index is 5.84. The summed E-state index contributed by atoms with van der Waals surface area (Å²) in [5, 5.41) is 1.45. The van der Waals surface area contributed by atoms with Crippen molar-refractivity contribution in [2.75, 3.05) is 20.1 Å². The van der Waals surface area contributed by atoms with E-state index >= 15 is 0 Å². The fourth-order valence-corrected chi connectivity index (χ4v) is 3.46. The zero-order chi connectivity index (χ0) is 13.6. The van der Waals surface area contributed by atoms with Crippen LogP contribution in [0.5, 0.6) is 0 Å². The average Bonchev–Trinajstić information content (AvgIpc) is 2.64. The van der Waals surface area contributed by atoms with Crippen LogP contribution < -0.4 is 5.73 Å². The molecular formula is C16H23N3. The van der Waals surface area contributed by atoms with Crippen LogP contribution in [0.2, 0.25) is 0 Å². The van der Waals surface area contributed by atoms with Gasteiger partial charge in [-0.05, 0) is 56.6 Å². The molecule has 0 atom stereocenters. The van der Waals surface area contributed by atoms with E-state index in [4.69, 9.17) is 5.73 Å². The summed E-state index contributed by atoms with van der Waals surface area (Å²) in [5.41, 5.74) is 12.9. The van der Waals surface area contributed by atoms with E-state index in [0.717, 1.165) is 32.6 Å². The van der Waals surface area contributed by atoms with Crippen molar-refractivity contribution in [3.8, 4) is 0 Å². The Morgan fingerprint density at radius 3 is 2.74 bits per heavy atom. The van der Waals surface area contributed by atoms with Crippen LogP contribution >= 0.6 is 0 Å². The largest absolute Gasteiger partial charge is 0.342 e. The Bertz CT molecular complexity index is 625. The molecule has 0 radical (unpaired) electrons. The number of nitrogens with two attached hydrogens (primary N) is 1. The molecule has 0 amide bonds. The molecule has 1 aromatic heterocycles. The number of rotatable bonds is 2. The minimum atomic E-state index is 0.725. The van der Waals surface area contributed by atoms with E-state index in [1.807, 2.05) is 0 Å². The van der Waals surface area contributed by atoms with Gasteiger partial charge in [0.1, 0.15) is 0 Å². The van der Waals surface area contributed by atoms with Crippen LogP contribution in [-0.4, -0.2) is 29.6 Å². The SMILES string of the molecule is Cc1cc(C)c2c(CCN)c3n(c2c1)CCN(C)C3. The predicted octanol–water partition coefficient (Wildman–Crippen LogP) is 2.20. The molecule has 102 valence electrons. The van der Waals surface area contributed by atoms with Crippen molar-refractivity contribution in [3.05, 3.63) is 34.5 Å². The van der Waals surface area contributed by atoms with Gasteiger partial charge in [-0.3, -0.25) is 4.90 Å². The summed E-state index contributed by atoms with van der Waals surface area (Å²) >= 11 is 0. The highest BCUT2D eigenvalue weighted by Crippen LogP contribution is 2.32. The van der Waals surface area contributed by atoms with Crippen molar-refractivity contribution < 1.29 is 0 Å². The van der Waals surface area contributed by atoms with Gasteiger partial charge in [-0.15, -0.1) is 0 Å². The minimum absolute atomic E-state index is 0.725. The molecule has 3 nitrogen and oxygen atoms in total. The van der Waals surface area contributed by atoms with Gasteiger partial charge in [-0.2, -0.15) is 0 Å². The summed E-state index contributed by atoms with van der Waals surface area (Å²) < 4.78 is 2.51. The summed E-state index contributed by atoms with van der Waals surface area (Å²) in [5.74, 6) is 0. The van der Waals surface area contributed by atoms with E-state index in [0.29, 0.717) is 0 Å². The van der Waals surface area contributed by atoms with Gasteiger partial charge in [0.2, 0.25) is 0 Å². The van der Waals surface area contributed by atoms with Crippen LogP contribution in [0.15, 0.2) is 12.1 Å². The van der Waals surface area contributed by atoms with Crippen LogP contribution in [-0.2, 0) is 19.5 Å². The van der Waals surface area contributed by atoms with Gasteiger partial charge in [-0.25, -0.2) is 0 Å². The molecule has 0 saturated heterocycles. The van der Waals surface area contributed by atoms with Crippen molar-refractivity contribution in [1.29, 1.82) is 0 Å². The summed E-state index contributed by atoms with van der Waals surface area (Å²) in [6, 6.07) is 4.62. The van der Waals surface area contributed by atoms with Gasteiger partial charge in [0.25, 0.3) is 0 Å². The zero-order valence-electron chi connectivity index (χ0n) is 12.2. The lowest BCUT2D eigenvalue weighted by atomic mass is 10.0. The number of hydrogen-bond acceptors (Lipinski definition) is 2. The first-order chi connectivity index (χ1) is 9.11. The summed E-state index contributed by atoms with van der Waals surface area (Å²) in [6.07, 6.45) is 0.983. The molecule has 0 aliphatic carbocycles. The molecule has 0 bridgehead atoms. The Hall–Kier alpha value is -1.32. The van der Waals surface area contributed by atoms with Crippen molar-refractivity contribution in [2.24, 2.45) is 5.73 Å². The first-order valence-corrected chi connectivity index (χ1v) is 7.11. The second-order valence-corrected chi connectivity index (χ2v) is 5.83. The third-order valence-electron chi connectivity index (χ3n) is 4.25. The quantitative estimate of drug-likeness (QED) is 0.895. The molecule has 0 unspecified atom stereocenters. The van der Waals surface area contributed by atoms with Gasteiger partial charge in [0.05, 0.1) is 0 Å². The van der Waals surface area contributed by atoms with E-state index in [2.05, 4.69) is 42.5 Å². The highest BCUT2D eigenvalue weighted by atomic mass is 15.2. The molecule has 0 spiro atoms. The Labute approximate surface area is 115 Å². The molecule has 0 fully saturated rings. The minimum Gasteiger partial charge on any atom is -0.342 e. The Morgan fingerprint density at radius 2 is 2.00 bits per heavy atom. The molecule has 19 heavy (non-hydrogen) atoms. The fraction of sp³-hybridized carbons (Fsp3) is 0.500. The highest BCUT2D eigenvalue weighted by molar-refractivity contribution is 5.89. The molecule has 2 aromatic rings.